The number of carbonyl (C=O) groups is 2. The molecule has 8 nitrogen and oxygen atoms in total. The van der Waals surface area contributed by atoms with E-state index < -0.39 is 39.2 Å². The number of carboxylic acid groups (broad SMARTS) is 1. The Morgan fingerprint density at radius 1 is 1.43 bits per heavy atom. The van der Waals surface area contributed by atoms with Crippen molar-refractivity contribution in [2.24, 2.45) is 5.92 Å². The first-order valence-electron chi connectivity index (χ1n) is 6.66. The highest BCUT2D eigenvalue weighted by molar-refractivity contribution is 7.90. The predicted octanol–water partition coefficient (Wildman–Crippen LogP) is -0.311. The summed E-state index contributed by atoms with van der Waals surface area (Å²) in [5.41, 5.74) is 0. The van der Waals surface area contributed by atoms with E-state index in [4.69, 9.17) is 9.84 Å². The normalized spacial score (nSPS) is 24.0. The van der Waals surface area contributed by atoms with E-state index in [2.05, 4.69) is 4.74 Å². The molecular weight excluding hydrogens is 302 g/mol. The summed E-state index contributed by atoms with van der Waals surface area (Å²) >= 11 is 0. The highest BCUT2D eigenvalue weighted by atomic mass is 32.2. The van der Waals surface area contributed by atoms with E-state index in [1.165, 1.54) is 6.92 Å². The number of hydrogen-bond acceptors (Lipinski definition) is 6. The lowest BCUT2D eigenvalue weighted by Gasteiger charge is -2.30. The highest BCUT2D eigenvalue weighted by Crippen LogP contribution is 2.25. The number of carboxylic acids is 1. The fourth-order valence-electron chi connectivity index (χ4n) is 2.26. The molecule has 0 bridgehead atoms. The topological polar surface area (TPSA) is 110 Å². The summed E-state index contributed by atoms with van der Waals surface area (Å²) < 4.78 is 35.8. The van der Waals surface area contributed by atoms with Crippen molar-refractivity contribution >= 4 is 22.0 Å². The van der Waals surface area contributed by atoms with Gasteiger partial charge in [-0.25, -0.2) is 8.42 Å². The minimum Gasteiger partial charge on any atom is -0.481 e. The maximum atomic E-state index is 12.6. The lowest BCUT2D eigenvalue weighted by Crippen LogP contribution is -2.51. The number of esters is 1. The Hall–Kier alpha value is -1.19. The van der Waals surface area contributed by atoms with E-state index in [1.54, 1.807) is 6.92 Å². The van der Waals surface area contributed by atoms with Crippen LogP contribution >= 0.6 is 0 Å². The molecule has 21 heavy (non-hydrogen) atoms. The second kappa shape index (κ2) is 7.19. The Balaban J connectivity index is 3.11. The van der Waals surface area contributed by atoms with Gasteiger partial charge in [0.15, 0.2) is 5.25 Å². The van der Waals surface area contributed by atoms with E-state index in [1.807, 2.05) is 0 Å². The number of hydrogen-bond donors (Lipinski definition) is 1. The second-order valence-corrected chi connectivity index (χ2v) is 7.08. The van der Waals surface area contributed by atoms with Gasteiger partial charge in [-0.05, 0) is 13.3 Å². The van der Waals surface area contributed by atoms with Gasteiger partial charge >= 0.3 is 11.9 Å². The van der Waals surface area contributed by atoms with E-state index in [9.17, 15) is 18.0 Å². The zero-order valence-electron chi connectivity index (χ0n) is 12.3. The first-order valence-corrected chi connectivity index (χ1v) is 8.16. The quantitative estimate of drug-likeness (QED) is 0.640. The number of ether oxygens (including phenoxy) is 2. The molecule has 0 radical (unpaired) electrons. The molecule has 1 aliphatic heterocycles. The van der Waals surface area contributed by atoms with Gasteiger partial charge in [-0.1, -0.05) is 6.92 Å². The number of nitrogens with zero attached hydrogens (tertiary/aromatic N) is 1. The Bertz CT molecular complexity index is 490. The van der Waals surface area contributed by atoms with E-state index >= 15 is 0 Å². The number of carbonyl (C=O) groups excluding carboxylic acids is 1. The monoisotopic (exact) mass is 323 g/mol. The lowest BCUT2D eigenvalue weighted by atomic mass is 10.0. The van der Waals surface area contributed by atoms with Gasteiger partial charge in [0.25, 0.3) is 0 Å². The van der Waals surface area contributed by atoms with E-state index in [-0.39, 0.29) is 19.8 Å². The Morgan fingerprint density at radius 2 is 2.05 bits per heavy atom. The molecule has 1 aliphatic rings. The van der Waals surface area contributed by atoms with Crippen LogP contribution in [0.25, 0.3) is 0 Å². The van der Waals surface area contributed by atoms with Crippen LogP contribution in [0.3, 0.4) is 0 Å². The summed E-state index contributed by atoms with van der Waals surface area (Å²) in [7, 11) is -2.90. The molecule has 0 aromatic heterocycles. The van der Waals surface area contributed by atoms with Crippen LogP contribution in [0.4, 0.5) is 0 Å². The SMILES string of the molecule is CCCN(C1COCC1C(=O)O)S(=O)(=O)C(C)C(=O)OC. The first-order chi connectivity index (χ1) is 9.77. The molecule has 0 amide bonds. The van der Waals surface area contributed by atoms with Gasteiger partial charge in [0.2, 0.25) is 10.0 Å². The first kappa shape index (κ1) is 17.9. The molecule has 0 saturated carbocycles. The number of aliphatic carboxylic acids is 1. The number of sulfonamides is 1. The Morgan fingerprint density at radius 3 is 2.52 bits per heavy atom. The van der Waals surface area contributed by atoms with Crippen molar-refractivity contribution in [1.29, 1.82) is 0 Å². The molecule has 1 N–H and O–H groups in total. The average Bonchev–Trinajstić information content (AvgIpc) is 2.91. The molecule has 0 spiro atoms. The van der Waals surface area contributed by atoms with Crippen molar-refractivity contribution in [2.45, 2.75) is 31.6 Å². The smallest absolute Gasteiger partial charge is 0.325 e. The largest absolute Gasteiger partial charge is 0.481 e. The molecule has 9 heteroatoms. The molecule has 1 rings (SSSR count). The summed E-state index contributed by atoms with van der Waals surface area (Å²) in [6, 6.07) is -0.806. The summed E-state index contributed by atoms with van der Waals surface area (Å²) in [6.07, 6.45) is 0.496. The maximum absolute atomic E-state index is 12.6. The van der Waals surface area contributed by atoms with Gasteiger partial charge < -0.3 is 14.6 Å². The minimum absolute atomic E-state index is 0.00406. The third-order valence-corrected chi connectivity index (χ3v) is 5.68. The van der Waals surface area contributed by atoms with Crippen molar-refractivity contribution in [3.63, 3.8) is 0 Å². The van der Waals surface area contributed by atoms with Crippen LogP contribution < -0.4 is 0 Å². The zero-order valence-corrected chi connectivity index (χ0v) is 13.1. The Labute approximate surface area is 124 Å². The van der Waals surface area contributed by atoms with Gasteiger partial charge in [0.05, 0.1) is 32.3 Å². The summed E-state index contributed by atoms with van der Waals surface area (Å²) in [5, 5.41) is 7.78. The van der Waals surface area contributed by atoms with E-state index in [0.717, 1.165) is 11.4 Å². The molecule has 3 unspecified atom stereocenters. The predicted molar refractivity (Wildman–Crippen MR) is 73.1 cm³/mol. The summed E-state index contributed by atoms with van der Waals surface area (Å²) in [6.45, 7) is 3.10. The van der Waals surface area contributed by atoms with Crippen LogP contribution in [0.5, 0.6) is 0 Å². The van der Waals surface area contributed by atoms with Crippen molar-refractivity contribution in [3.8, 4) is 0 Å². The van der Waals surface area contributed by atoms with Crippen LogP contribution in [0.15, 0.2) is 0 Å². The van der Waals surface area contributed by atoms with Crippen molar-refractivity contribution in [1.82, 2.24) is 4.31 Å². The molecule has 1 saturated heterocycles. The maximum Gasteiger partial charge on any atom is 0.325 e. The Kier molecular flexibility index (Phi) is 6.11. The van der Waals surface area contributed by atoms with Crippen LogP contribution in [0, 0.1) is 5.92 Å². The number of rotatable bonds is 7. The zero-order chi connectivity index (χ0) is 16.2. The third kappa shape index (κ3) is 3.72. The lowest BCUT2D eigenvalue weighted by molar-refractivity contribution is -0.142. The number of methoxy groups -OCH3 is 1. The van der Waals surface area contributed by atoms with Gasteiger partial charge in [-0.15, -0.1) is 0 Å². The fourth-order valence-corrected chi connectivity index (χ4v) is 4.02. The van der Waals surface area contributed by atoms with Crippen molar-refractivity contribution in [2.75, 3.05) is 26.9 Å². The third-order valence-electron chi connectivity index (χ3n) is 3.49. The van der Waals surface area contributed by atoms with E-state index in [0.29, 0.717) is 6.42 Å². The minimum atomic E-state index is -4.01. The standard InChI is InChI=1S/C12H21NO7S/c1-4-5-13(10-7-20-6-9(10)11(14)15)21(17,18)8(2)12(16)19-3/h8-10H,4-7H2,1-3H3,(H,14,15). The van der Waals surface area contributed by atoms with Crippen molar-refractivity contribution < 1.29 is 32.6 Å². The summed E-state index contributed by atoms with van der Waals surface area (Å²) in [4.78, 5) is 22.7. The van der Waals surface area contributed by atoms with Gasteiger partial charge in [0.1, 0.15) is 0 Å². The highest BCUT2D eigenvalue weighted by Gasteiger charge is 2.45. The van der Waals surface area contributed by atoms with Crippen LogP contribution in [0.1, 0.15) is 20.3 Å². The average molecular weight is 323 g/mol. The molecule has 0 aromatic carbocycles. The molecule has 1 fully saturated rings. The molecular formula is C12H21NO7S. The van der Waals surface area contributed by atoms with Crippen LogP contribution in [-0.2, 0) is 29.1 Å². The van der Waals surface area contributed by atoms with Crippen LogP contribution in [0.2, 0.25) is 0 Å². The summed E-state index contributed by atoms with van der Waals surface area (Å²) in [5.74, 6) is -2.92. The van der Waals surface area contributed by atoms with Crippen LogP contribution in [-0.4, -0.2) is 67.9 Å². The van der Waals surface area contributed by atoms with Gasteiger partial charge in [0, 0.05) is 6.54 Å². The molecule has 0 aromatic rings. The second-order valence-electron chi connectivity index (χ2n) is 4.87. The molecule has 1 heterocycles. The molecule has 3 atom stereocenters. The van der Waals surface area contributed by atoms with Gasteiger partial charge in [-0.2, -0.15) is 4.31 Å². The molecule has 0 aliphatic carbocycles. The fraction of sp³-hybridized carbons (Fsp3) is 0.833. The van der Waals surface area contributed by atoms with Gasteiger partial charge in [-0.3, -0.25) is 9.59 Å². The molecule has 122 valence electrons. The van der Waals surface area contributed by atoms with Crippen molar-refractivity contribution in [3.05, 3.63) is 0 Å².